The topological polar surface area (TPSA) is 247 Å². The van der Waals surface area contributed by atoms with Crippen LogP contribution in [0.3, 0.4) is 0 Å². The molecule has 0 saturated carbocycles. The number of carboxylic acids is 1. The molecule has 4 rings (SSSR count). The molecule has 1 amide bonds. The molecule has 1 saturated heterocycles. The van der Waals surface area contributed by atoms with E-state index in [0.29, 0.717) is 17.4 Å². The van der Waals surface area contributed by atoms with E-state index in [1.165, 1.54) is 19.2 Å². The summed E-state index contributed by atoms with van der Waals surface area (Å²) >= 11 is 0.986. The second-order valence-electron chi connectivity index (χ2n) is 10.3. The van der Waals surface area contributed by atoms with Gasteiger partial charge in [-0.15, -0.1) is 15.6 Å². The number of aromatic nitrogens is 2. The van der Waals surface area contributed by atoms with Gasteiger partial charge >= 0.3 is 16.4 Å². The number of Topliss-reactive ketones (excluding diaryl/α,β-unsaturated/α-hetero) is 1. The Morgan fingerprint density at radius 1 is 1.23 bits per heavy atom. The van der Waals surface area contributed by atoms with E-state index < -0.39 is 64.4 Å². The second kappa shape index (κ2) is 13.2. The predicted molar refractivity (Wildman–Crippen MR) is 157 cm³/mol. The third kappa shape index (κ3) is 7.64. The number of nitrogens with zero attached hydrogens (tertiary/aromatic N) is 4. The fraction of sp³-hybridized carbons (Fsp3) is 0.385. The van der Waals surface area contributed by atoms with Crippen LogP contribution in [0.4, 0.5) is 5.13 Å². The van der Waals surface area contributed by atoms with Crippen molar-refractivity contribution in [2.24, 2.45) is 16.8 Å². The summed E-state index contributed by atoms with van der Waals surface area (Å²) in [5.74, 6) is -3.81. The molecule has 18 heteroatoms. The number of fused-ring (bicyclic) bond motifs is 1. The molecule has 1 aliphatic heterocycles. The lowest BCUT2D eigenvalue weighted by molar-refractivity contribution is -0.228. The molecule has 2 atom stereocenters. The van der Waals surface area contributed by atoms with Gasteiger partial charge in [-0.25, -0.2) is 9.78 Å². The maximum Gasteiger partial charge on any atom is 0.418 e. The fourth-order valence-electron chi connectivity index (χ4n) is 4.38. The van der Waals surface area contributed by atoms with Crippen molar-refractivity contribution in [3.63, 3.8) is 0 Å². The van der Waals surface area contributed by atoms with E-state index in [9.17, 15) is 27.9 Å². The number of anilines is 1. The van der Waals surface area contributed by atoms with Crippen LogP contribution in [0.15, 0.2) is 40.9 Å². The van der Waals surface area contributed by atoms with Gasteiger partial charge in [0.1, 0.15) is 18.1 Å². The number of nitrogen functional groups attached to an aromatic ring is 1. The highest BCUT2D eigenvalue weighted by atomic mass is 32.3. The van der Waals surface area contributed by atoms with Gasteiger partial charge in [-0.3, -0.25) is 19.1 Å². The minimum absolute atomic E-state index is 0.0222. The molecule has 0 bridgehead atoms. The van der Waals surface area contributed by atoms with Gasteiger partial charge in [-0.05, 0) is 57.5 Å². The minimum atomic E-state index is -4.99. The Kier molecular flexibility index (Phi) is 9.79. The third-order valence-electron chi connectivity index (χ3n) is 6.76. The highest BCUT2D eigenvalue weighted by Gasteiger charge is 2.57. The highest BCUT2D eigenvalue weighted by molar-refractivity contribution is 7.80. The maximum atomic E-state index is 13.3. The van der Waals surface area contributed by atoms with Crippen molar-refractivity contribution in [3.05, 3.63) is 47.1 Å². The Balaban J connectivity index is 1.48. The van der Waals surface area contributed by atoms with Crippen molar-refractivity contribution < 1.29 is 46.3 Å². The first-order valence-corrected chi connectivity index (χ1v) is 15.4. The average Bonchev–Trinajstić information content (AvgIpc) is 3.39. The summed E-state index contributed by atoms with van der Waals surface area (Å²) in [7, 11) is -4.99. The molecule has 0 spiro atoms. The summed E-state index contributed by atoms with van der Waals surface area (Å²) < 4.78 is 41.1. The lowest BCUT2D eigenvalue weighted by atomic mass is 9.74. The SMILES string of the molecule is CC1(C)C(CC(=O)/C(=N\O[C@@H](COc2ccc3nc(CCCN)ccc3c2)C(=O)O)c2csc(N)n2)C(=O)N1OS(=O)(=O)O. The van der Waals surface area contributed by atoms with Crippen molar-refractivity contribution in [1.82, 2.24) is 15.0 Å². The number of aliphatic carboxylic acids is 1. The Bertz CT molecular complexity index is 1710. The molecule has 3 heterocycles. The zero-order valence-electron chi connectivity index (χ0n) is 23.6. The van der Waals surface area contributed by atoms with Gasteiger partial charge in [-0.2, -0.15) is 13.5 Å². The number of carbonyl (C=O) groups is 3. The van der Waals surface area contributed by atoms with E-state index in [1.807, 2.05) is 12.1 Å². The smallest absolute Gasteiger partial charge is 0.418 e. The fourth-order valence-corrected chi connectivity index (χ4v) is 5.38. The van der Waals surface area contributed by atoms with Gasteiger partial charge in [0.15, 0.2) is 16.6 Å². The number of pyridine rings is 1. The Hall–Kier alpha value is -4.23. The van der Waals surface area contributed by atoms with Gasteiger partial charge in [0.05, 0.1) is 17.0 Å². The molecule has 236 valence electrons. The number of aryl methyl sites for hydroxylation is 1. The zero-order valence-corrected chi connectivity index (χ0v) is 25.2. The molecule has 0 aliphatic carbocycles. The lowest BCUT2D eigenvalue weighted by Gasteiger charge is -2.50. The number of rotatable bonds is 15. The summed E-state index contributed by atoms with van der Waals surface area (Å²) in [5.41, 5.74) is 11.1. The number of oxime groups is 1. The number of ketones is 1. The van der Waals surface area contributed by atoms with Crippen molar-refractivity contribution in [2.75, 3.05) is 18.9 Å². The van der Waals surface area contributed by atoms with Crippen LogP contribution in [0.2, 0.25) is 0 Å². The number of nitrogens with two attached hydrogens (primary N) is 2. The highest BCUT2D eigenvalue weighted by Crippen LogP contribution is 2.40. The Labute approximate surface area is 255 Å². The molecule has 1 fully saturated rings. The molecular weight excluding hydrogens is 620 g/mol. The Morgan fingerprint density at radius 3 is 2.59 bits per heavy atom. The average molecular weight is 651 g/mol. The van der Waals surface area contributed by atoms with Gasteiger partial charge in [0.25, 0.3) is 12.0 Å². The molecule has 44 heavy (non-hydrogen) atoms. The molecule has 16 nitrogen and oxygen atoms in total. The lowest BCUT2D eigenvalue weighted by Crippen LogP contribution is -2.68. The normalized spacial score (nSPS) is 17.3. The van der Waals surface area contributed by atoms with E-state index in [4.69, 9.17) is 25.6 Å². The first-order chi connectivity index (χ1) is 20.7. The number of hydrogen-bond donors (Lipinski definition) is 4. The van der Waals surface area contributed by atoms with Crippen molar-refractivity contribution in [2.45, 2.75) is 44.8 Å². The summed E-state index contributed by atoms with van der Waals surface area (Å²) in [6, 6.07) is 8.80. The number of benzene rings is 1. The first-order valence-electron chi connectivity index (χ1n) is 13.1. The predicted octanol–water partition coefficient (Wildman–Crippen LogP) is 1.35. The van der Waals surface area contributed by atoms with E-state index in [-0.39, 0.29) is 10.8 Å². The number of hydroxylamine groups is 2. The minimum Gasteiger partial charge on any atom is -0.489 e. The number of carbonyl (C=O) groups excluding carboxylic acids is 2. The quantitative estimate of drug-likeness (QED) is 0.0785. The van der Waals surface area contributed by atoms with Gasteiger partial charge in [-0.1, -0.05) is 11.2 Å². The van der Waals surface area contributed by atoms with Crippen molar-refractivity contribution in [1.29, 1.82) is 0 Å². The van der Waals surface area contributed by atoms with Crippen LogP contribution in [0, 0.1) is 5.92 Å². The molecule has 1 aliphatic rings. The monoisotopic (exact) mass is 650 g/mol. The van der Waals surface area contributed by atoms with Crippen LogP contribution in [0.1, 0.15) is 38.1 Å². The first kappa shape index (κ1) is 32.7. The molecule has 1 aromatic carbocycles. The van der Waals surface area contributed by atoms with Crippen molar-refractivity contribution >= 4 is 61.1 Å². The van der Waals surface area contributed by atoms with Gasteiger partial charge in [0.2, 0.25) is 0 Å². The van der Waals surface area contributed by atoms with Gasteiger partial charge < -0.3 is 26.1 Å². The molecule has 6 N–H and O–H groups in total. The second-order valence-corrected chi connectivity index (χ2v) is 12.2. The maximum absolute atomic E-state index is 13.3. The number of thiazole rings is 1. The summed E-state index contributed by atoms with van der Waals surface area (Å²) in [5, 5.41) is 16.2. The Morgan fingerprint density at radius 2 is 1.98 bits per heavy atom. The van der Waals surface area contributed by atoms with E-state index in [0.717, 1.165) is 40.8 Å². The molecule has 1 unspecified atom stereocenters. The number of carboxylic acid groups (broad SMARTS) is 1. The van der Waals surface area contributed by atoms with Crippen LogP contribution in [-0.2, 0) is 40.3 Å². The number of ether oxygens (including phenoxy) is 1. The van der Waals surface area contributed by atoms with Gasteiger partial charge in [0, 0.05) is 22.9 Å². The zero-order chi connectivity index (χ0) is 32.2. The third-order valence-corrected chi connectivity index (χ3v) is 7.78. The van der Waals surface area contributed by atoms with Crippen molar-refractivity contribution in [3.8, 4) is 5.75 Å². The summed E-state index contributed by atoms with van der Waals surface area (Å²) in [4.78, 5) is 51.6. The molecule has 3 aromatic rings. The van der Waals surface area contributed by atoms with Crippen LogP contribution < -0.4 is 16.2 Å². The van der Waals surface area contributed by atoms with E-state index in [2.05, 4.69) is 19.4 Å². The molecule has 0 radical (unpaired) electrons. The summed E-state index contributed by atoms with van der Waals surface area (Å²) in [6.07, 6.45) is -0.592. The molecular formula is C26H30N6O10S2. The van der Waals surface area contributed by atoms with Crippen LogP contribution in [0.5, 0.6) is 5.75 Å². The van der Waals surface area contributed by atoms with Crippen LogP contribution in [0.25, 0.3) is 10.9 Å². The standard InChI is InChI=1S/C26H30N6O10S2/c1-26(2)17(23(34)32(26)42-44(37,38)39)11-20(33)22(19-13-43-25(28)30-19)31-41-21(24(35)36)12-40-16-7-8-18-14(10-16)5-6-15(29-18)4-3-9-27/h5-8,10,13,17,21H,3-4,9,11-12,27H2,1-2H3,(H2,28,30)(H,35,36)(H,37,38,39)/b31-22-/t17?,21-/m0/s1. The number of hydrogen-bond acceptors (Lipinski definition) is 14. The van der Waals surface area contributed by atoms with Crippen LogP contribution in [-0.4, -0.2) is 81.3 Å². The summed E-state index contributed by atoms with van der Waals surface area (Å²) in [6.45, 7) is 2.92. The number of amides is 1. The van der Waals surface area contributed by atoms with Crippen LogP contribution >= 0.6 is 11.3 Å². The molecule has 2 aromatic heterocycles. The number of β-lactam (4-membered cyclic amide) rings is 1. The van der Waals surface area contributed by atoms with E-state index in [1.54, 1.807) is 18.2 Å². The van der Waals surface area contributed by atoms with E-state index >= 15 is 0 Å². The largest absolute Gasteiger partial charge is 0.489 e.